The number of rotatable bonds is 4. The zero-order valence-corrected chi connectivity index (χ0v) is 12.7. The largest absolute Gasteiger partial charge is 0.496 e. The molecule has 2 aromatic rings. The van der Waals surface area contributed by atoms with Crippen molar-refractivity contribution < 1.29 is 14.6 Å². The first kappa shape index (κ1) is 15.6. The van der Waals surface area contributed by atoms with E-state index in [-0.39, 0.29) is 16.3 Å². The summed E-state index contributed by atoms with van der Waals surface area (Å²) < 4.78 is 5.19. The number of primary amides is 1. The van der Waals surface area contributed by atoms with Crippen molar-refractivity contribution in [3.8, 4) is 5.75 Å². The number of hydrogen-bond donors (Lipinski definition) is 2. The summed E-state index contributed by atoms with van der Waals surface area (Å²) in [6, 6.07) is 11.1. The zero-order valence-electron chi connectivity index (χ0n) is 11.1. The maximum atomic E-state index is 12.0. The Morgan fingerprint density at radius 2 is 1.86 bits per heavy atom. The first-order valence-corrected chi connectivity index (χ1v) is 6.78. The van der Waals surface area contributed by atoms with Crippen LogP contribution in [-0.4, -0.2) is 18.1 Å². The van der Waals surface area contributed by atoms with Crippen molar-refractivity contribution in [2.24, 2.45) is 5.73 Å². The van der Waals surface area contributed by atoms with E-state index < -0.39 is 11.5 Å². The summed E-state index contributed by atoms with van der Waals surface area (Å²) >= 11 is 12.1. The van der Waals surface area contributed by atoms with E-state index in [1.807, 2.05) is 0 Å². The van der Waals surface area contributed by atoms with Gasteiger partial charge in [-0.2, -0.15) is 0 Å². The molecule has 3 N–H and O–H groups in total. The molecule has 0 heterocycles. The molecule has 0 spiro atoms. The molecule has 21 heavy (non-hydrogen) atoms. The third-order valence-electron chi connectivity index (χ3n) is 3.15. The highest BCUT2D eigenvalue weighted by atomic mass is 35.5. The van der Waals surface area contributed by atoms with Crippen LogP contribution in [-0.2, 0) is 10.4 Å². The Morgan fingerprint density at radius 3 is 2.38 bits per heavy atom. The lowest BCUT2D eigenvalue weighted by Gasteiger charge is -2.28. The number of halogens is 2. The Labute approximate surface area is 132 Å². The Balaban J connectivity index is 2.79. The lowest BCUT2D eigenvalue weighted by atomic mass is 9.85. The standard InChI is InChI=1S/C15H13Cl2NO3/c1-21-12-8-10(16)7-11(17)13(12)15(20,14(18)19)9-5-3-2-4-6-9/h2-8,20H,1H3,(H2,18,19). The van der Waals surface area contributed by atoms with Gasteiger partial charge in [0, 0.05) is 5.02 Å². The summed E-state index contributed by atoms with van der Waals surface area (Å²) in [6.45, 7) is 0. The van der Waals surface area contributed by atoms with E-state index in [1.165, 1.54) is 19.2 Å². The van der Waals surface area contributed by atoms with Gasteiger partial charge in [0.05, 0.1) is 17.7 Å². The average molecular weight is 326 g/mol. The maximum Gasteiger partial charge on any atom is 0.259 e. The van der Waals surface area contributed by atoms with Crippen molar-refractivity contribution in [2.75, 3.05) is 7.11 Å². The van der Waals surface area contributed by atoms with Gasteiger partial charge in [0.2, 0.25) is 0 Å². The number of ether oxygens (including phenoxy) is 1. The van der Waals surface area contributed by atoms with Gasteiger partial charge in [-0.15, -0.1) is 0 Å². The van der Waals surface area contributed by atoms with Crippen molar-refractivity contribution in [1.82, 2.24) is 0 Å². The third kappa shape index (κ3) is 2.70. The zero-order chi connectivity index (χ0) is 15.6. The molecule has 6 heteroatoms. The molecule has 0 aromatic heterocycles. The molecule has 0 saturated heterocycles. The van der Waals surface area contributed by atoms with E-state index >= 15 is 0 Å². The fraction of sp³-hybridized carbons (Fsp3) is 0.133. The minimum Gasteiger partial charge on any atom is -0.496 e. The number of benzene rings is 2. The Kier molecular flexibility index (Phi) is 4.42. The molecular weight excluding hydrogens is 313 g/mol. The summed E-state index contributed by atoms with van der Waals surface area (Å²) in [7, 11) is 1.39. The number of nitrogens with two attached hydrogens (primary N) is 1. The lowest BCUT2D eigenvalue weighted by Crippen LogP contribution is -2.42. The second-order valence-electron chi connectivity index (χ2n) is 4.41. The van der Waals surface area contributed by atoms with Gasteiger partial charge in [0.1, 0.15) is 5.75 Å². The van der Waals surface area contributed by atoms with Crippen LogP contribution in [0.5, 0.6) is 5.75 Å². The Bertz CT molecular complexity index is 676. The van der Waals surface area contributed by atoms with Crippen LogP contribution in [0, 0.1) is 0 Å². The highest BCUT2D eigenvalue weighted by Crippen LogP contribution is 2.41. The summed E-state index contributed by atoms with van der Waals surface area (Å²) in [6.07, 6.45) is 0. The summed E-state index contributed by atoms with van der Waals surface area (Å²) in [5, 5.41) is 11.3. The Morgan fingerprint density at radius 1 is 1.24 bits per heavy atom. The average Bonchev–Trinajstić information content (AvgIpc) is 2.46. The first-order chi connectivity index (χ1) is 9.91. The van der Waals surface area contributed by atoms with E-state index in [0.717, 1.165) is 0 Å². The molecule has 0 bridgehead atoms. The van der Waals surface area contributed by atoms with Gasteiger partial charge in [-0.3, -0.25) is 4.79 Å². The highest BCUT2D eigenvalue weighted by Gasteiger charge is 2.42. The van der Waals surface area contributed by atoms with Crippen molar-refractivity contribution in [2.45, 2.75) is 5.60 Å². The van der Waals surface area contributed by atoms with Gasteiger partial charge >= 0.3 is 0 Å². The number of carbonyl (C=O) groups is 1. The molecule has 1 atom stereocenters. The van der Waals surface area contributed by atoms with Crippen LogP contribution in [0.4, 0.5) is 0 Å². The van der Waals surface area contributed by atoms with Gasteiger partial charge in [0.15, 0.2) is 5.60 Å². The topological polar surface area (TPSA) is 72.6 Å². The van der Waals surface area contributed by atoms with Crippen molar-refractivity contribution in [1.29, 1.82) is 0 Å². The van der Waals surface area contributed by atoms with Gasteiger partial charge in [-0.05, 0) is 17.7 Å². The Hall–Kier alpha value is -1.75. The maximum absolute atomic E-state index is 12.0. The van der Waals surface area contributed by atoms with Crippen LogP contribution in [0.2, 0.25) is 10.0 Å². The lowest BCUT2D eigenvalue weighted by molar-refractivity contribution is -0.133. The van der Waals surface area contributed by atoms with E-state index in [9.17, 15) is 9.90 Å². The second kappa shape index (κ2) is 5.93. The molecule has 0 fully saturated rings. The number of hydrogen-bond acceptors (Lipinski definition) is 3. The molecule has 2 aromatic carbocycles. The molecule has 0 aliphatic carbocycles. The number of carbonyl (C=O) groups excluding carboxylic acids is 1. The van der Waals surface area contributed by atoms with Crippen LogP contribution in [0.15, 0.2) is 42.5 Å². The van der Waals surface area contributed by atoms with E-state index in [1.54, 1.807) is 30.3 Å². The SMILES string of the molecule is COc1cc(Cl)cc(Cl)c1C(O)(C(N)=O)c1ccccc1. The second-order valence-corrected chi connectivity index (χ2v) is 5.25. The highest BCUT2D eigenvalue weighted by molar-refractivity contribution is 6.35. The number of amides is 1. The molecule has 0 aliphatic rings. The smallest absolute Gasteiger partial charge is 0.259 e. The van der Waals surface area contributed by atoms with Crippen LogP contribution >= 0.6 is 23.2 Å². The monoisotopic (exact) mass is 325 g/mol. The molecule has 1 amide bonds. The molecule has 110 valence electrons. The molecule has 4 nitrogen and oxygen atoms in total. The van der Waals surface area contributed by atoms with Gasteiger partial charge < -0.3 is 15.6 Å². The van der Waals surface area contributed by atoms with Crippen LogP contribution in [0.25, 0.3) is 0 Å². The van der Waals surface area contributed by atoms with E-state index in [0.29, 0.717) is 10.6 Å². The van der Waals surface area contributed by atoms with Crippen LogP contribution in [0.1, 0.15) is 11.1 Å². The first-order valence-electron chi connectivity index (χ1n) is 6.02. The van der Waals surface area contributed by atoms with Crippen LogP contribution in [0.3, 0.4) is 0 Å². The van der Waals surface area contributed by atoms with Crippen molar-refractivity contribution in [3.05, 3.63) is 63.6 Å². The normalized spacial score (nSPS) is 13.5. The molecule has 0 aliphatic heterocycles. The fourth-order valence-electron chi connectivity index (χ4n) is 2.15. The van der Waals surface area contributed by atoms with Crippen LogP contribution < -0.4 is 10.5 Å². The number of aliphatic hydroxyl groups is 1. The minimum absolute atomic E-state index is 0.0646. The van der Waals surface area contributed by atoms with E-state index in [4.69, 9.17) is 33.7 Å². The van der Waals surface area contributed by atoms with Crippen molar-refractivity contribution >= 4 is 29.1 Å². The molecule has 0 saturated carbocycles. The number of methoxy groups -OCH3 is 1. The quantitative estimate of drug-likeness (QED) is 0.907. The predicted molar refractivity (Wildman–Crippen MR) is 81.6 cm³/mol. The summed E-state index contributed by atoms with van der Waals surface area (Å²) in [4.78, 5) is 12.0. The molecule has 1 unspecified atom stereocenters. The van der Waals surface area contributed by atoms with Gasteiger partial charge in [-0.1, -0.05) is 53.5 Å². The van der Waals surface area contributed by atoms with E-state index in [2.05, 4.69) is 0 Å². The summed E-state index contributed by atoms with van der Waals surface area (Å²) in [5.74, 6) is -0.783. The fourth-order valence-corrected chi connectivity index (χ4v) is 2.76. The molecular formula is C15H13Cl2NO3. The predicted octanol–water partition coefficient (Wildman–Crippen LogP) is 2.72. The minimum atomic E-state index is -2.12. The molecule has 0 radical (unpaired) electrons. The summed E-state index contributed by atoms with van der Waals surface area (Å²) in [5.41, 5.74) is 3.67. The van der Waals surface area contributed by atoms with Crippen molar-refractivity contribution in [3.63, 3.8) is 0 Å². The van der Waals surface area contributed by atoms with Gasteiger partial charge in [0.25, 0.3) is 5.91 Å². The third-order valence-corrected chi connectivity index (χ3v) is 3.67. The van der Waals surface area contributed by atoms with Gasteiger partial charge in [-0.25, -0.2) is 0 Å². The molecule has 2 rings (SSSR count).